The summed E-state index contributed by atoms with van der Waals surface area (Å²) in [6.07, 6.45) is 0.690. The van der Waals surface area contributed by atoms with Crippen molar-refractivity contribution in [3.05, 3.63) is 57.7 Å². The van der Waals surface area contributed by atoms with Crippen LogP contribution in [-0.4, -0.2) is 16.4 Å². The number of benzene rings is 2. The Hall–Kier alpha value is -2.62. The Morgan fingerprint density at radius 2 is 1.79 bits per heavy atom. The standard InChI is InChI=1S/C20H22N2O2/c1-5-12-10-15-17(11-14(12)19(24)22-20(2,3)4)21-16-9-7-6-8-13(16)18(15)23/h6-11H,5H2,1-4H3,(H,21,23)(H,22,24). The molecule has 0 aliphatic carbocycles. The third kappa shape index (κ3) is 2.92. The number of carbonyl (C=O) groups excluding carboxylic acids is 1. The smallest absolute Gasteiger partial charge is 0.252 e. The molecule has 2 aromatic carbocycles. The Morgan fingerprint density at radius 1 is 1.08 bits per heavy atom. The molecule has 0 aliphatic rings. The normalized spacial score (nSPS) is 11.8. The number of aryl methyl sites for hydroxylation is 1. The van der Waals surface area contributed by atoms with E-state index in [1.165, 1.54) is 0 Å². The van der Waals surface area contributed by atoms with Crippen molar-refractivity contribution in [1.82, 2.24) is 10.3 Å². The van der Waals surface area contributed by atoms with E-state index in [2.05, 4.69) is 10.3 Å². The monoisotopic (exact) mass is 322 g/mol. The third-order valence-electron chi connectivity index (χ3n) is 4.04. The fourth-order valence-electron chi connectivity index (χ4n) is 2.93. The van der Waals surface area contributed by atoms with Crippen LogP contribution in [0.25, 0.3) is 21.8 Å². The Morgan fingerprint density at radius 3 is 2.46 bits per heavy atom. The zero-order chi connectivity index (χ0) is 17.5. The molecule has 0 fully saturated rings. The number of H-pyrrole nitrogens is 1. The van der Waals surface area contributed by atoms with E-state index >= 15 is 0 Å². The number of aromatic amines is 1. The molecule has 3 rings (SSSR count). The van der Waals surface area contributed by atoms with E-state index in [0.717, 1.165) is 11.1 Å². The maximum absolute atomic E-state index is 12.7. The van der Waals surface area contributed by atoms with Crippen LogP contribution in [0.5, 0.6) is 0 Å². The van der Waals surface area contributed by atoms with E-state index in [0.29, 0.717) is 28.3 Å². The Kier molecular flexibility index (Phi) is 3.91. The van der Waals surface area contributed by atoms with Gasteiger partial charge in [0, 0.05) is 27.4 Å². The molecule has 24 heavy (non-hydrogen) atoms. The summed E-state index contributed by atoms with van der Waals surface area (Å²) < 4.78 is 0. The number of aromatic nitrogens is 1. The average Bonchev–Trinajstić information content (AvgIpc) is 2.52. The summed E-state index contributed by atoms with van der Waals surface area (Å²) in [4.78, 5) is 28.7. The first-order valence-corrected chi connectivity index (χ1v) is 8.20. The zero-order valence-electron chi connectivity index (χ0n) is 14.5. The molecule has 3 aromatic rings. The Balaban J connectivity index is 2.26. The topological polar surface area (TPSA) is 62.0 Å². The molecule has 1 amide bonds. The number of amides is 1. The van der Waals surface area contributed by atoms with Crippen LogP contribution in [0, 0.1) is 0 Å². The van der Waals surface area contributed by atoms with Crippen molar-refractivity contribution in [2.24, 2.45) is 0 Å². The molecule has 0 saturated heterocycles. The quantitative estimate of drug-likeness (QED) is 0.705. The highest BCUT2D eigenvalue weighted by atomic mass is 16.1. The summed E-state index contributed by atoms with van der Waals surface area (Å²) in [7, 11) is 0. The molecule has 2 N–H and O–H groups in total. The minimum absolute atomic E-state index is 0.00294. The molecule has 1 heterocycles. The highest BCUT2D eigenvalue weighted by Gasteiger charge is 2.19. The second kappa shape index (κ2) is 5.78. The lowest BCUT2D eigenvalue weighted by molar-refractivity contribution is 0.0918. The average molecular weight is 322 g/mol. The van der Waals surface area contributed by atoms with Gasteiger partial charge in [0.1, 0.15) is 0 Å². The number of nitrogens with one attached hydrogen (secondary N) is 2. The van der Waals surface area contributed by atoms with Crippen molar-refractivity contribution < 1.29 is 4.79 Å². The minimum atomic E-state index is -0.312. The molecule has 124 valence electrons. The zero-order valence-corrected chi connectivity index (χ0v) is 14.5. The van der Waals surface area contributed by atoms with Crippen molar-refractivity contribution in [3.8, 4) is 0 Å². The number of hydrogen-bond donors (Lipinski definition) is 2. The van der Waals surface area contributed by atoms with Gasteiger partial charge in [0.25, 0.3) is 5.91 Å². The van der Waals surface area contributed by atoms with Crippen LogP contribution in [0.15, 0.2) is 41.2 Å². The maximum Gasteiger partial charge on any atom is 0.252 e. The largest absolute Gasteiger partial charge is 0.354 e. The first-order valence-electron chi connectivity index (χ1n) is 8.20. The van der Waals surface area contributed by atoms with E-state index in [-0.39, 0.29) is 16.9 Å². The van der Waals surface area contributed by atoms with Crippen molar-refractivity contribution in [1.29, 1.82) is 0 Å². The molecule has 0 atom stereocenters. The second-order valence-electron chi connectivity index (χ2n) is 7.11. The SMILES string of the molecule is CCc1cc2c(=O)c3ccccc3[nH]c2cc1C(=O)NC(C)(C)C. The molecule has 0 bridgehead atoms. The molecular weight excluding hydrogens is 300 g/mol. The number of hydrogen-bond acceptors (Lipinski definition) is 2. The first-order chi connectivity index (χ1) is 11.3. The Labute approximate surface area is 140 Å². The molecule has 0 saturated carbocycles. The lowest BCUT2D eigenvalue weighted by atomic mass is 9.98. The van der Waals surface area contributed by atoms with Crippen LogP contribution in [0.1, 0.15) is 43.6 Å². The highest BCUT2D eigenvalue weighted by molar-refractivity contribution is 6.01. The van der Waals surface area contributed by atoms with Crippen molar-refractivity contribution in [2.75, 3.05) is 0 Å². The fraction of sp³-hybridized carbons (Fsp3) is 0.300. The van der Waals surface area contributed by atoms with Crippen LogP contribution < -0.4 is 10.7 Å². The summed E-state index contributed by atoms with van der Waals surface area (Å²) >= 11 is 0. The van der Waals surface area contributed by atoms with E-state index in [9.17, 15) is 9.59 Å². The Bertz CT molecular complexity index is 994. The lowest BCUT2D eigenvalue weighted by Crippen LogP contribution is -2.41. The molecule has 0 aliphatic heterocycles. The second-order valence-corrected chi connectivity index (χ2v) is 7.11. The van der Waals surface area contributed by atoms with Gasteiger partial charge in [0.05, 0.1) is 5.52 Å². The molecule has 0 spiro atoms. The van der Waals surface area contributed by atoms with Crippen LogP contribution in [-0.2, 0) is 6.42 Å². The molecule has 0 radical (unpaired) electrons. The van der Waals surface area contributed by atoms with Gasteiger partial charge < -0.3 is 10.3 Å². The van der Waals surface area contributed by atoms with Gasteiger partial charge in [-0.25, -0.2) is 0 Å². The van der Waals surface area contributed by atoms with Gasteiger partial charge in [0.15, 0.2) is 5.43 Å². The fourth-order valence-corrected chi connectivity index (χ4v) is 2.93. The van der Waals surface area contributed by atoms with Crippen LogP contribution in [0.2, 0.25) is 0 Å². The predicted octanol–water partition coefficient (Wildman–Crippen LogP) is 3.77. The van der Waals surface area contributed by atoms with Crippen LogP contribution >= 0.6 is 0 Å². The predicted molar refractivity (Wildman–Crippen MR) is 98.7 cm³/mol. The lowest BCUT2D eigenvalue weighted by Gasteiger charge is -2.21. The molecule has 4 heteroatoms. The molecule has 1 aromatic heterocycles. The van der Waals surface area contributed by atoms with E-state index < -0.39 is 0 Å². The van der Waals surface area contributed by atoms with Crippen molar-refractivity contribution in [2.45, 2.75) is 39.7 Å². The van der Waals surface area contributed by atoms with Gasteiger partial charge in [-0.2, -0.15) is 0 Å². The number of fused-ring (bicyclic) bond motifs is 2. The minimum Gasteiger partial charge on any atom is -0.354 e. The van der Waals surface area contributed by atoms with Gasteiger partial charge in [-0.3, -0.25) is 9.59 Å². The van der Waals surface area contributed by atoms with E-state index in [1.807, 2.05) is 58.0 Å². The number of carbonyl (C=O) groups is 1. The highest BCUT2D eigenvalue weighted by Crippen LogP contribution is 2.21. The van der Waals surface area contributed by atoms with Gasteiger partial charge >= 0.3 is 0 Å². The maximum atomic E-state index is 12.7. The van der Waals surface area contributed by atoms with Gasteiger partial charge in [-0.05, 0) is 57.0 Å². The summed E-state index contributed by atoms with van der Waals surface area (Å²) in [6.45, 7) is 7.84. The molecule has 4 nitrogen and oxygen atoms in total. The summed E-state index contributed by atoms with van der Waals surface area (Å²) in [6, 6.07) is 11.1. The molecule has 0 unspecified atom stereocenters. The summed E-state index contributed by atoms with van der Waals surface area (Å²) in [5.74, 6) is -0.116. The summed E-state index contributed by atoms with van der Waals surface area (Å²) in [5.41, 5.74) is 2.65. The number of rotatable bonds is 2. The van der Waals surface area contributed by atoms with Gasteiger partial charge in [-0.1, -0.05) is 19.1 Å². The van der Waals surface area contributed by atoms with Crippen LogP contribution in [0.4, 0.5) is 0 Å². The van der Waals surface area contributed by atoms with Gasteiger partial charge in [0.2, 0.25) is 0 Å². The summed E-state index contributed by atoms with van der Waals surface area (Å²) in [5, 5.41) is 4.28. The van der Waals surface area contributed by atoms with Gasteiger partial charge in [-0.15, -0.1) is 0 Å². The number of pyridine rings is 1. The van der Waals surface area contributed by atoms with E-state index in [4.69, 9.17) is 0 Å². The first kappa shape index (κ1) is 16.2. The van der Waals surface area contributed by atoms with Crippen LogP contribution in [0.3, 0.4) is 0 Å². The third-order valence-corrected chi connectivity index (χ3v) is 4.04. The molecular formula is C20H22N2O2. The van der Waals surface area contributed by atoms with Crippen molar-refractivity contribution in [3.63, 3.8) is 0 Å². The van der Waals surface area contributed by atoms with E-state index in [1.54, 1.807) is 6.07 Å². The number of para-hydroxylation sites is 1. The van der Waals surface area contributed by atoms with Crippen molar-refractivity contribution >= 4 is 27.7 Å².